The highest BCUT2D eigenvalue weighted by Crippen LogP contribution is 2.07. The van der Waals surface area contributed by atoms with Crippen LogP contribution in [0.4, 0.5) is 0 Å². The maximum atomic E-state index is 11.2. The SMILES string of the molecule is CCOC(=O)C(N)CN1CCCC1. The summed E-state index contributed by atoms with van der Waals surface area (Å²) in [7, 11) is 0. The summed E-state index contributed by atoms with van der Waals surface area (Å²) in [6.45, 7) is 4.96. The van der Waals surface area contributed by atoms with Gasteiger partial charge in [-0.1, -0.05) is 0 Å². The molecule has 0 amide bonds. The first-order chi connectivity index (χ1) is 6.24. The molecule has 13 heavy (non-hydrogen) atoms. The van der Waals surface area contributed by atoms with Crippen LogP contribution >= 0.6 is 0 Å². The molecule has 4 nitrogen and oxygen atoms in total. The highest BCUT2D eigenvalue weighted by molar-refractivity contribution is 5.75. The van der Waals surface area contributed by atoms with Crippen molar-refractivity contribution in [3.05, 3.63) is 0 Å². The van der Waals surface area contributed by atoms with Gasteiger partial charge in [-0.05, 0) is 32.9 Å². The molecule has 1 heterocycles. The van der Waals surface area contributed by atoms with Gasteiger partial charge in [0.25, 0.3) is 0 Å². The smallest absolute Gasteiger partial charge is 0.324 e. The molecule has 1 rings (SSSR count). The Morgan fingerprint density at radius 2 is 2.15 bits per heavy atom. The molecular formula is C9H18N2O2. The minimum absolute atomic E-state index is 0.283. The number of esters is 1. The first-order valence-corrected chi connectivity index (χ1v) is 4.88. The third-order valence-electron chi connectivity index (χ3n) is 2.24. The fourth-order valence-electron chi connectivity index (χ4n) is 1.57. The second-order valence-corrected chi connectivity index (χ2v) is 3.37. The van der Waals surface area contributed by atoms with Crippen molar-refractivity contribution < 1.29 is 9.53 Å². The molecule has 1 fully saturated rings. The number of likely N-dealkylation sites (tertiary alicyclic amines) is 1. The second-order valence-electron chi connectivity index (χ2n) is 3.37. The van der Waals surface area contributed by atoms with E-state index >= 15 is 0 Å². The normalized spacial score (nSPS) is 20.2. The van der Waals surface area contributed by atoms with Gasteiger partial charge in [0.15, 0.2) is 0 Å². The van der Waals surface area contributed by atoms with E-state index < -0.39 is 6.04 Å². The Morgan fingerprint density at radius 1 is 1.54 bits per heavy atom. The Labute approximate surface area is 79.0 Å². The van der Waals surface area contributed by atoms with Crippen LogP contribution in [-0.4, -0.2) is 43.2 Å². The van der Waals surface area contributed by atoms with Crippen LogP contribution in [0.25, 0.3) is 0 Å². The maximum Gasteiger partial charge on any atom is 0.324 e. The maximum absolute atomic E-state index is 11.2. The molecule has 1 aliphatic rings. The van der Waals surface area contributed by atoms with E-state index in [1.54, 1.807) is 6.92 Å². The predicted molar refractivity (Wildman–Crippen MR) is 50.3 cm³/mol. The van der Waals surface area contributed by atoms with Crippen molar-refractivity contribution in [3.8, 4) is 0 Å². The number of hydrogen-bond acceptors (Lipinski definition) is 4. The standard InChI is InChI=1S/C9H18N2O2/c1-2-13-9(12)8(10)7-11-5-3-4-6-11/h8H,2-7,10H2,1H3. The van der Waals surface area contributed by atoms with E-state index in [9.17, 15) is 4.79 Å². The molecule has 76 valence electrons. The van der Waals surface area contributed by atoms with Gasteiger partial charge < -0.3 is 15.4 Å². The number of ether oxygens (including phenoxy) is 1. The quantitative estimate of drug-likeness (QED) is 0.627. The van der Waals surface area contributed by atoms with Crippen molar-refractivity contribution in [2.45, 2.75) is 25.8 Å². The molecule has 0 saturated carbocycles. The topological polar surface area (TPSA) is 55.6 Å². The molecule has 0 aliphatic carbocycles. The molecule has 4 heteroatoms. The van der Waals surface area contributed by atoms with Crippen molar-refractivity contribution >= 4 is 5.97 Å². The van der Waals surface area contributed by atoms with Gasteiger partial charge in [0.05, 0.1) is 6.61 Å². The van der Waals surface area contributed by atoms with Crippen LogP contribution in [0.15, 0.2) is 0 Å². The monoisotopic (exact) mass is 186 g/mol. The van der Waals surface area contributed by atoms with Crippen molar-refractivity contribution in [1.82, 2.24) is 4.90 Å². The lowest BCUT2D eigenvalue weighted by Crippen LogP contribution is -2.42. The van der Waals surface area contributed by atoms with Crippen LogP contribution in [0.5, 0.6) is 0 Å². The molecular weight excluding hydrogens is 168 g/mol. The van der Waals surface area contributed by atoms with E-state index in [0.29, 0.717) is 13.2 Å². The highest BCUT2D eigenvalue weighted by atomic mass is 16.5. The Balaban J connectivity index is 2.22. The van der Waals surface area contributed by atoms with Gasteiger partial charge in [-0.15, -0.1) is 0 Å². The predicted octanol–water partition coefficient (Wildman–Crippen LogP) is -0.0274. The summed E-state index contributed by atoms with van der Waals surface area (Å²) in [6, 6.07) is -0.474. The lowest BCUT2D eigenvalue weighted by molar-refractivity contribution is -0.145. The molecule has 0 aromatic heterocycles. The lowest BCUT2D eigenvalue weighted by atomic mass is 10.3. The Bertz CT molecular complexity index is 167. The number of nitrogens with two attached hydrogens (primary N) is 1. The second kappa shape index (κ2) is 5.19. The number of nitrogens with zero attached hydrogens (tertiary/aromatic N) is 1. The fraction of sp³-hybridized carbons (Fsp3) is 0.889. The van der Waals surface area contributed by atoms with Gasteiger partial charge in [0.1, 0.15) is 6.04 Å². The van der Waals surface area contributed by atoms with E-state index in [-0.39, 0.29) is 5.97 Å². The molecule has 0 bridgehead atoms. The van der Waals surface area contributed by atoms with Gasteiger partial charge in [0, 0.05) is 6.54 Å². The third kappa shape index (κ3) is 3.32. The van der Waals surface area contributed by atoms with Crippen LogP contribution in [-0.2, 0) is 9.53 Å². The summed E-state index contributed by atoms with van der Waals surface area (Å²) in [5.74, 6) is -0.283. The summed E-state index contributed by atoms with van der Waals surface area (Å²) in [4.78, 5) is 13.4. The van der Waals surface area contributed by atoms with E-state index in [4.69, 9.17) is 10.5 Å². The van der Waals surface area contributed by atoms with E-state index in [2.05, 4.69) is 4.90 Å². The average molecular weight is 186 g/mol. The molecule has 0 radical (unpaired) electrons. The molecule has 1 aliphatic heterocycles. The number of hydrogen-bond donors (Lipinski definition) is 1. The molecule has 0 spiro atoms. The number of carbonyl (C=O) groups excluding carboxylic acids is 1. The van der Waals surface area contributed by atoms with Crippen molar-refractivity contribution in [2.24, 2.45) is 5.73 Å². The minimum Gasteiger partial charge on any atom is -0.465 e. The van der Waals surface area contributed by atoms with Crippen LogP contribution in [0.2, 0.25) is 0 Å². The number of rotatable bonds is 4. The zero-order valence-electron chi connectivity index (χ0n) is 8.16. The molecule has 2 N–H and O–H groups in total. The fourth-order valence-corrected chi connectivity index (χ4v) is 1.57. The summed E-state index contributed by atoms with van der Waals surface area (Å²) >= 11 is 0. The first-order valence-electron chi connectivity index (χ1n) is 4.88. The summed E-state index contributed by atoms with van der Waals surface area (Å²) in [5, 5.41) is 0. The van der Waals surface area contributed by atoms with Crippen LogP contribution in [0.1, 0.15) is 19.8 Å². The molecule has 0 aromatic rings. The van der Waals surface area contributed by atoms with Crippen molar-refractivity contribution in [3.63, 3.8) is 0 Å². The summed E-state index contributed by atoms with van der Waals surface area (Å²) in [6.07, 6.45) is 2.44. The van der Waals surface area contributed by atoms with Crippen molar-refractivity contribution in [1.29, 1.82) is 0 Å². The summed E-state index contributed by atoms with van der Waals surface area (Å²) in [5.41, 5.74) is 5.67. The average Bonchev–Trinajstić information content (AvgIpc) is 2.57. The molecule has 1 unspecified atom stereocenters. The van der Waals surface area contributed by atoms with Gasteiger partial charge in [0.2, 0.25) is 0 Å². The highest BCUT2D eigenvalue weighted by Gasteiger charge is 2.20. The van der Waals surface area contributed by atoms with Gasteiger partial charge in [-0.25, -0.2) is 0 Å². The lowest BCUT2D eigenvalue weighted by Gasteiger charge is -2.18. The largest absolute Gasteiger partial charge is 0.465 e. The van der Waals surface area contributed by atoms with Gasteiger partial charge in [-0.2, -0.15) is 0 Å². The first kappa shape index (κ1) is 10.5. The molecule has 1 atom stereocenters. The molecule has 1 saturated heterocycles. The van der Waals surface area contributed by atoms with Gasteiger partial charge in [-0.3, -0.25) is 4.79 Å². The van der Waals surface area contributed by atoms with Crippen LogP contribution < -0.4 is 5.73 Å². The zero-order valence-corrected chi connectivity index (χ0v) is 8.16. The summed E-state index contributed by atoms with van der Waals surface area (Å²) < 4.78 is 4.82. The van der Waals surface area contributed by atoms with Crippen molar-refractivity contribution in [2.75, 3.05) is 26.2 Å². The van der Waals surface area contributed by atoms with E-state index in [0.717, 1.165) is 13.1 Å². The minimum atomic E-state index is -0.474. The van der Waals surface area contributed by atoms with Gasteiger partial charge >= 0.3 is 5.97 Å². The Kier molecular flexibility index (Phi) is 4.18. The van der Waals surface area contributed by atoms with E-state index in [1.165, 1.54) is 12.8 Å². The van der Waals surface area contributed by atoms with E-state index in [1.807, 2.05) is 0 Å². The Hall–Kier alpha value is -0.610. The number of carbonyl (C=O) groups is 1. The zero-order chi connectivity index (χ0) is 9.68. The third-order valence-corrected chi connectivity index (χ3v) is 2.24. The molecule has 0 aromatic carbocycles. The Morgan fingerprint density at radius 3 is 2.69 bits per heavy atom. The van der Waals surface area contributed by atoms with Crippen LogP contribution in [0, 0.1) is 0 Å². The van der Waals surface area contributed by atoms with Crippen LogP contribution in [0.3, 0.4) is 0 Å².